The molecule has 6 nitrogen and oxygen atoms in total. The van der Waals surface area contributed by atoms with Gasteiger partial charge in [0.25, 0.3) is 0 Å². The third-order valence-corrected chi connectivity index (χ3v) is 10.5. The van der Waals surface area contributed by atoms with Gasteiger partial charge in [-0.2, -0.15) is 0 Å². The number of hydrogen-bond acceptors (Lipinski definition) is 5. The smallest absolute Gasteiger partial charge is 0.143 e. The quantitative estimate of drug-likeness (QED) is 0.148. The van der Waals surface area contributed by atoms with E-state index in [1.165, 1.54) is 0 Å². The molecule has 10 rings (SSSR count). The van der Waals surface area contributed by atoms with Gasteiger partial charge in [-0.3, -0.25) is 4.98 Å². The molecule has 0 bridgehead atoms. The van der Waals surface area contributed by atoms with E-state index >= 15 is 0 Å². The number of anilines is 6. The van der Waals surface area contributed by atoms with Crippen molar-refractivity contribution in [2.75, 3.05) is 16.9 Å². The zero-order valence-corrected chi connectivity index (χ0v) is 31.3. The first-order valence-corrected chi connectivity index (χ1v) is 19.0. The van der Waals surface area contributed by atoms with E-state index in [2.05, 4.69) is 195 Å². The van der Waals surface area contributed by atoms with E-state index in [0.717, 1.165) is 89.7 Å². The van der Waals surface area contributed by atoms with Crippen LogP contribution < -0.4 is 14.5 Å². The van der Waals surface area contributed by atoms with Crippen LogP contribution in [0.5, 0.6) is 5.75 Å². The summed E-state index contributed by atoms with van der Waals surface area (Å²) >= 11 is 0. The lowest BCUT2D eigenvalue weighted by atomic mass is 10.1. The highest BCUT2D eigenvalue weighted by Gasteiger charge is 2.21. The summed E-state index contributed by atoms with van der Waals surface area (Å²) in [5, 5.41) is 2.24. The van der Waals surface area contributed by atoms with Gasteiger partial charge >= 0.3 is 0 Å². The Labute approximate surface area is 331 Å². The van der Waals surface area contributed by atoms with Crippen LogP contribution in [0.4, 0.5) is 34.1 Å². The van der Waals surface area contributed by atoms with Crippen LogP contribution in [-0.2, 0) is 0 Å². The molecule has 272 valence electrons. The topological polar surface area (TPSA) is 46.4 Å². The van der Waals surface area contributed by atoms with E-state index in [-0.39, 0.29) is 0 Å². The Bertz CT molecular complexity index is 2780. The predicted octanol–water partition coefficient (Wildman–Crippen LogP) is 13.3. The lowest BCUT2D eigenvalue weighted by Gasteiger charge is -2.26. The number of aromatic nitrogens is 3. The first-order chi connectivity index (χ1) is 28.2. The minimum Gasteiger partial charge on any atom is -0.495 e. The number of fused-ring (bicyclic) bond motifs is 4. The van der Waals surface area contributed by atoms with Gasteiger partial charge in [0.1, 0.15) is 5.75 Å². The van der Waals surface area contributed by atoms with Crippen molar-refractivity contribution in [2.24, 2.45) is 0 Å². The van der Waals surface area contributed by atoms with E-state index in [1.807, 2.05) is 30.5 Å². The van der Waals surface area contributed by atoms with E-state index in [0.29, 0.717) is 0 Å². The summed E-state index contributed by atoms with van der Waals surface area (Å²) < 4.78 is 8.50. The average Bonchev–Trinajstić information content (AvgIpc) is 3.60. The van der Waals surface area contributed by atoms with Gasteiger partial charge in [0, 0.05) is 50.5 Å². The predicted molar refractivity (Wildman–Crippen MR) is 235 cm³/mol. The van der Waals surface area contributed by atoms with Gasteiger partial charge in [-0.15, -0.1) is 0 Å². The summed E-state index contributed by atoms with van der Waals surface area (Å²) in [5.41, 5.74) is 13.0. The van der Waals surface area contributed by atoms with Gasteiger partial charge < -0.3 is 19.1 Å². The first-order valence-electron chi connectivity index (χ1n) is 19.0. The molecule has 0 aliphatic heterocycles. The number of para-hydroxylation sites is 6. The summed E-state index contributed by atoms with van der Waals surface area (Å²) in [6, 6.07) is 69.9. The highest BCUT2D eigenvalue weighted by molar-refractivity contribution is 6.12. The minimum atomic E-state index is 0.736. The minimum absolute atomic E-state index is 0.736. The fourth-order valence-corrected chi connectivity index (χ4v) is 7.86. The molecule has 10 aromatic rings. The molecule has 0 N–H and O–H groups in total. The van der Waals surface area contributed by atoms with E-state index < -0.39 is 0 Å². The van der Waals surface area contributed by atoms with E-state index in [9.17, 15) is 0 Å². The van der Waals surface area contributed by atoms with Crippen LogP contribution in [0.1, 0.15) is 0 Å². The molecule has 0 unspecified atom stereocenters. The van der Waals surface area contributed by atoms with Crippen LogP contribution in [0.3, 0.4) is 0 Å². The molecule has 0 saturated carbocycles. The lowest BCUT2D eigenvalue weighted by Crippen LogP contribution is -2.09. The van der Waals surface area contributed by atoms with Crippen LogP contribution in [0.15, 0.2) is 206 Å². The van der Waals surface area contributed by atoms with Gasteiger partial charge in [-0.05, 0) is 109 Å². The molecule has 6 heteroatoms. The number of hydrogen-bond donors (Lipinski definition) is 0. The van der Waals surface area contributed by atoms with Crippen LogP contribution in [0.25, 0.3) is 49.8 Å². The van der Waals surface area contributed by atoms with E-state index in [1.54, 1.807) is 7.11 Å². The molecule has 57 heavy (non-hydrogen) atoms. The standard InChI is InChI=1S/C51H37N5O/c1-57-51-32-36(47-35-52-45-24-14-15-25-46(45)53-47)26-29-50(51)56-48-30-27-41(54(37-16-6-2-7-17-37)38-18-8-3-9-19-38)33-43(48)44-34-42(28-31-49(44)56)55(39-20-10-4-11-21-39)40-22-12-5-13-23-40/h2-35H,1H3. The largest absolute Gasteiger partial charge is 0.495 e. The summed E-state index contributed by atoms with van der Waals surface area (Å²) in [5.74, 6) is 0.736. The molecule has 0 amide bonds. The number of methoxy groups -OCH3 is 1. The molecule has 0 atom stereocenters. The fourth-order valence-electron chi connectivity index (χ4n) is 7.86. The van der Waals surface area contributed by atoms with Gasteiger partial charge in [-0.25, -0.2) is 4.98 Å². The fraction of sp³-hybridized carbons (Fsp3) is 0.0196. The summed E-state index contributed by atoms with van der Waals surface area (Å²) in [7, 11) is 1.73. The van der Waals surface area contributed by atoms with Gasteiger partial charge in [0.05, 0.1) is 46.8 Å². The molecule has 0 radical (unpaired) electrons. The molecule has 0 saturated heterocycles. The SMILES string of the molecule is COc1cc(-c2cnc3ccccc3n2)ccc1-n1c2ccc(N(c3ccccc3)c3ccccc3)cc2c2cc(N(c3ccccc3)c3ccccc3)ccc21. The number of ether oxygens (including phenoxy) is 1. The van der Waals surface area contributed by atoms with Crippen molar-refractivity contribution in [2.45, 2.75) is 0 Å². The first kappa shape index (κ1) is 33.8. The molecule has 0 aliphatic carbocycles. The Balaban J connectivity index is 1.20. The normalized spacial score (nSPS) is 11.2. The second kappa shape index (κ2) is 14.5. The van der Waals surface area contributed by atoms with Crippen molar-refractivity contribution in [3.8, 4) is 22.7 Å². The van der Waals surface area contributed by atoms with Crippen LogP contribution in [-0.4, -0.2) is 21.6 Å². The molecular formula is C51H37N5O. The molecule has 0 spiro atoms. The third-order valence-electron chi connectivity index (χ3n) is 10.5. The Kier molecular flexibility index (Phi) is 8.61. The summed E-state index contributed by atoms with van der Waals surface area (Å²) in [4.78, 5) is 14.2. The van der Waals surface area contributed by atoms with Gasteiger partial charge in [-0.1, -0.05) is 91.0 Å². The highest BCUT2D eigenvalue weighted by atomic mass is 16.5. The molecule has 2 heterocycles. The number of rotatable bonds is 9. The Morgan fingerprint density at radius 1 is 0.439 bits per heavy atom. The summed E-state index contributed by atoms with van der Waals surface area (Å²) in [6.45, 7) is 0. The second-order valence-electron chi connectivity index (χ2n) is 13.9. The molecule has 2 aromatic heterocycles. The Morgan fingerprint density at radius 2 is 0.895 bits per heavy atom. The maximum atomic E-state index is 6.19. The molecule has 0 fully saturated rings. The monoisotopic (exact) mass is 735 g/mol. The maximum Gasteiger partial charge on any atom is 0.143 e. The Morgan fingerprint density at radius 3 is 1.37 bits per heavy atom. The van der Waals surface area contributed by atoms with Crippen molar-refractivity contribution >= 4 is 67.0 Å². The highest BCUT2D eigenvalue weighted by Crippen LogP contribution is 2.44. The average molecular weight is 736 g/mol. The number of benzene rings is 8. The third kappa shape index (κ3) is 6.19. The van der Waals surface area contributed by atoms with Crippen LogP contribution in [0, 0.1) is 0 Å². The molecule has 8 aromatic carbocycles. The summed E-state index contributed by atoms with van der Waals surface area (Å²) in [6.07, 6.45) is 1.83. The molecular weight excluding hydrogens is 699 g/mol. The van der Waals surface area contributed by atoms with Crippen molar-refractivity contribution in [1.29, 1.82) is 0 Å². The lowest BCUT2D eigenvalue weighted by molar-refractivity contribution is 0.413. The molecule has 0 aliphatic rings. The van der Waals surface area contributed by atoms with Crippen molar-refractivity contribution < 1.29 is 4.74 Å². The van der Waals surface area contributed by atoms with Gasteiger partial charge in [0.2, 0.25) is 0 Å². The van der Waals surface area contributed by atoms with Crippen molar-refractivity contribution in [1.82, 2.24) is 14.5 Å². The van der Waals surface area contributed by atoms with Crippen molar-refractivity contribution in [3.63, 3.8) is 0 Å². The van der Waals surface area contributed by atoms with Crippen LogP contribution >= 0.6 is 0 Å². The Hall–Kier alpha value is -7.70. The zero-order valence-electron chi connectivity index (χ0n) is 31.3. The van der Waals surface area contributed by atoms with Gasteiger partial charge in [0.15, 0.2) is 0 Å². The maximum absolute atomic E-state index is 6.19. The number of nitrogens with zero attached hydrogens (tertiary/aromatic N) is 5. The zero-order chi connectivity index (χ0) is 38.1. The second-order valence-corrected chi connectivity index (χ2v) is 13.9. The van der Waals surface area contributed by atoms with Crippen molar-refractivity contribution in [3.05, 3.63) is 206 Å². The van der Waals surface area contributed by atoms with Crippen LogP contribution in [0.2, 0.25) is 0 Å². The van der Waals surface area contributed by atoms with E-state index in [4.69, 9.17) is 9.72 Å².